The van der Waals surface area contributed by atoms with Crippen LogP contribution in [0.25, 0.3) is 0 Å². The Labute approximate surface area is 153 Å². The van der Waals surface area contributed by atoms with Crippen LogP contribution in [0, 0.1) is 23.2 Å². The van der Waals surface area contributed by atoms with E-state index in [2.05, 4.69) is 34.6 Å². The van der Waals surface area contributed by atoms with E-state index < -0.39 is 0 Å². The third kappa shape index (κ3) is 3.78. The maximum absolute atomic E-state index is 6.68. The lowest BCUT2D eigenvalue weighted by molar-refractivity contribution is -0.331. The Morgan fingerprint density at radius 3 is 1.48 bits per heavy atom. The van der Waals surface area contributed by atoms with Gasteiger partial charge in [0.15, 0.2) is 12.6 Å². The van der Waals surface area contributed by atoms with Crippen molar-refractivity contribution in [1.82, 2.24) is 0 Å². The molecule has 0 aromatic heterocycles. The fourth-order valence-electron chi connectivity index (χ4n) is 6.40. The first-order chi connectivity index (χ1) is 11.6. The van der Waals surface area contributed by atoms with Crippen LogP contribution in [0.2, 0.25) is 0 Å². The first kappa shape index (κ1) is 19.6. The van der Waals surface area contributed by atoms with Crippen molar-refractivity contribution < 1.29 is 18.9 Å². The van der Waals surface area contributed by atoms with E-state index in [0.29, 0.717) is 23.2 Å². The van der Waals surface area contributed by atoms with E-state index in [-0.39, 0.29) is 23.8 Å². The fourth-order valence-corrected chi connectivity index (χ4v) is 6.40. The van der Waals surface area contributed by atoms with Gasteiger partial charge in [0.25, 0.3) is 0 Å². The van der Waals surface area contributed by atoms with Gasteiger partial charge in [-0.2, -0.15) is 0 Å². The van der Waals surface area contributed by atoms with Gasteiger partial charge >= 0.3 is 0 Å². The number of hydrogen-bond acceptors (Lipinski definition) is 4. The van der Waals surface area contributed by atoms with Gasteiger partial charge in [0, 0.05) is 32.5 Å². The standard InChI is InChI=1S/C21H38O4/c1-14(2)17(22-6)24-20-9-16-8-19(5,11-20)12-21(10-16,13-20)25-18(23-7)15(3)4/h14-18H,8-13H2,1-7H3. The lowest BCUT2D eigenvalue weighted by Gasteiger charge is -2.65. The van der Waals surface area contributed by atoms with E-state index >= 15 is 0 Å². The van der Waals surface area contributed by atoms with Crippen LogP contribution in [0.1, 0.15) is 73.1 Å². The number of methoxy groups -OCH3 is 2. The molecule has 4 fully saturated rings. The third-order valence-corrected chi connectivity index (χ3v) is 6.53. The summed E-state index contributed by atoms with van der Waals surface area (Å²) in [6.45, 7) is 11.1. The van der Waals surface area contributed by atoms with E-state index in [1.807, 2.05) is 0 Å². The zero-order valence-corrected chi connectivity index (χ0v) is 17.3. The van der Waals surface area contributed by atoms with Crippen LogP contribution in [0.3, 0.4) is 0 Å². The predicted molar refractivity (Wildman–Crippen MR) is 98.2 cm³/mol. The molecule has 4 rings (SSSR count). The third-order valence-electron chi connectivity index (χ3n) is 6.53. The predicted octanol–water partition coefficient (Wildman–Crippen LogP) is 4.76. The summed E-state index contributed by atoms with van der Waals surface area (Å²) in [5, 5.41) is 0. The van der Waals surface area contributed by atoms with Crippen molar-refractivity contribution in [3.05, 3.63) is 0 Å². The smallest absolute Gasteiger partial charge is 0.160 e. The highest BCUT2D eigenvalue weighted by Gasteiger charge is 2.64. The topological polar surface area (TPSA) is 36.9 Å². The fraction of sp³-hybridized carbons (Fsp3) is 1.00. The highest BCUT2D eigenvalue weighted by Crippen LogP contribution is 2.65. The molecule has 4 bridgehead atoms. The Bertz CT molecular complexity index is 441. The molecule has 4 atom stereocenters. The van der Waals surface area contributed by atoms with Crippen LogP contribution in [-0.4, -0.2) is 38.0 Å². The normalized spacial score (nSPS) is 42.4. The number of ether oxygens (including phenoxy) is 4. The van der Waals surface area contributed by atoms with Gasteiger partial charge in [-0.05, 0) is 43.4 Å². The number of rotatable bonds is 8. The molecule has 0 aliphatic heterocycles. The molecule has 0 N–H and O–H groups in total. The molecule has 0 aromatic carbocycles. The second kappa shape index (κ2) is 6.78. The van der Waals surface area contributed by atoms with E-state index in [0.717, 1.165) is 32.1 Å². The summed E-state index contributed by atoms with van der Waals surface area (Å²) in [4.78, 5) is 0. The Balaban J connectivity index is 1.85. The quantitative estimate of drug-likeness (QED) is 0.589. The first-order valence-electron chi connectivity index (χ1n) is 10.1. The summed E-state index contributed by atoms with van der Waals surface area (Å²) in [7, 11) is 3.53. The van der Waals surface area contributed by atoms with Gasteiger partial charge in [0.1, 0.15) is 0 Å². The first-order valence-corrected chi connectivity index (χ1v) is 10.1. The van der Waals surface area contributed by atoms with Gasteiger partial charge in [-0.3, -0.25) is 0 Å². The van der Waals surface area contributed by atoms with E-state index in [1.54, 1.807) is 14.2 Å². The zero-order valence-electron chi connectivity index (χ0n) is 17.3. The second-order valence-electron chi connectivity index (χ2n) is 10.1. The molecule has 0 amide bonds. The maximum Gasteiger partial charge on any atom is 0.160 e. The molecule has 0 aromatic rings. The van der Waals surface area contributed by atoms with E-state index in [9.17, 15) is 0 Å². The minimum atomic E-state index is -0.139. The molecule has 4 saturated carbocycles. The molecular formula is C21H38O4. The summed E-state index contributed by atoms with van der Waals surface area (Å²) in [6.07, 6.45) is 6.58. The van der Waals surface area contributed by atoms with Crippen LogP contribution >= 0.6 is 0 Å². The molecule has 146 valence electrons. The van der Waals surface area contributed by atoms with Crippen molar-refractivity contribution in [2.75, 3.05) is 14.2 Å². The molecule has 0 radical (unpaired) electrons. The van der Waals surface area contributed by atoms with Gasteiger partial charge in [0.2, 0.25) is 0 Å². The van der Waals surface area contributed by atoms with Crippen LogP contribution in [0.5, 0.6) is 0 Å². The SMILES string of the molecule is COC(OC12CC3CC(C)(C1)CC(OC(OC)C(C)C)(C3)C2)C(C)C. The van der Waals surface area contributed by atoms with Gasteiger partial charge in [-0.1, -0.05) is 34.6 Å². The zero-order chi connectivity index (χ0) is 18.5. The highest BCUT2D eigenvalue weighted by molar-refractivity contribution is 5.15. The monoisotopic (exact) mass is 354 g/mol. The maximum atomic E-state index is 6.68. The van der Waals surface area contributed by atoms with Gasteiger partial charge < -0.3 is 18.9 Å². The van der Waals surface area contributed by atoms with Crippen molar-refractivity contribution in [3.8, 4) is 0 Å². The van der Waals surface area contributed by atoms with E-state index in [1.165, 1.54) is 6.42 Å². The Morgan fingerprint density at radius 2 is 1.16 bits per heavy atom. The summed E-state index contributed by atoms with van der Waals surface area (Å²) < 4.78 is 24.7. The largest absolute Gasteiger partial charge is 0.356 e. The molecule has 4 nitrogen and oxygen atoms in total. The molecule has 0 heterocycles. The van der Waals surface area contributed by atoms with Crippen molar-refractivity contribution in [1.29, 1.82) is 0 Å². The van der Waals surface area contributed by atoms with Crippen LogP contribution < -0.4 is 0 Å². The Kier molecular flexibility index (Phi) is 5.31. The van der Waals surface area contributed by atoms with E-state index in [4.69, 9.17) is 18.9 Å². The van der Waals surface area contributed by atoms with Crippen LogP contribution in [0.4, 0.5) is 0 Å². The molecule has 4 heteroatoms. The molecule has 4 aliphatic rings. The average Bonchev–Trinajstić information content (AvgIpc) is 2.47. The lowest BCUT2D eigenvalue weighted by atomic mass is 9.46. The van der Waals surface area contributed by atoms with Gasteiger partial charge in [-0.15, -0.1) is 0 Å². The summed E-state index contributed by atoms with van der Waals surface area (Å²) in [5.41, 5.74) is 0.104. The van der Waals surface area contributed by atoms with Gasteiger partial charge in [0.05, 0.1) is 11.2 Å². The van der Waals surface area contributed by atoms with Crippen molar-refractivity contribution in [3.63, 3.8) is 0 Å². The van der Waals surface area contributed by atoms with Crippen LogP contribution in [0.15, 0.2) is 0 Å². The highest BCUT2D eigenvalue weighted by atomic mass is 16.7. The Morgan fingerprint density at radius 1 is 0.720 bits per heavy atom. The minimum absolute atomic E-state index is 0.103. The van der Waals surface area contributed by atoms with Crippen molar-refractivity contribution in [2.45, 2.75) is 96.9 Å². The van der Waals surface area contributed by atoms with Crippen molar-refractivity contribution >= 4 is 0 Å². The second-order valence-corrected chi connectivity index (χ2v) is 10.1. The molecule has 4 unspecified atom stereocenters. The minimum Gasteiger partial charge on any atom is -0.356 e. The summed E-state index contributed by atoms with van der Waals surface area (Å²) >= 11 is 0. The molecule has 0 spiro atoms. The van der Waals surface area contributed by atoms with Crippen molar-refractivity contribution in [2.24, 2.45) is 23.2 Å². The molecule has 4 aliphatic carbocycles. The lowest BCUT2D eigenvalue weighted by Crippen LogP contribution is -2.65. The molecule has 25 heavy (non-hydrogen) atoms. The molecular weight excluding hydrogens is 316 g/mol. The Hall–Kier alpha value is -0.160. The molecule has 0 saturated heterocycles. The average molecular weight is 355 g/mol. The van der Waals surface area contributed by atoms with Gasteiger partial charge in [-0.25, -0.2) is 0 Å². The summed E-state index contributed by atoms with van der Waals surface area (Å²) in [5.74, 6) is 1.39. The van der Waals surface area contributed by atoms with Crippen LogP contribution in [-0.2, 0) is 18.9 Å². The number of hydrogen-bond donors (Lipinski definition) is 0. The summed E-state index contributed by atoms with van der Waals surface area (Å²) in [6, 6.07) is 0.